The summed E-state index contributed by atoms with van der Waals surface area (Å²) in [6, 6.07) is 17.0. The van der Waals surface area contributed by atoms with Crippen molar-refractivity contribution in [3.05, 3.63) is 71.8 Å². The summed E-state index contributed by atoms with van der Waals surface area (Å²) < 4.78 is 0. The zero-order valence-corrected chi connectivity index (χ0v) is 13.2. The minimum Gasteiger partial charge on any atom is -0.391 e. The maximum atomic E-state index is 12.8. The lowest BCUT2D eigenvalue weighted by Crippen LogP contribution is -2.52. The van der Waals surface area contributed by atoms with Crippen LogP contribution in [0.25, 0.3) is 0 Å². The van der Waals surface area contributed by atoms with Gasteiger partial charge >= 0.3 is 0 Å². The largest absolute Gasteiger partial charge is 0.391 e. The third-order valence-electron chi connectivity index (χ3n) is 3.70. The predicted octanol–water partition coefficient (Wildman–Crippen LogP) is 1.19. The minimum absolute atomic E-state index is 0.443. The first-order valence-corrected chi connectivity index (χ1v) is 7.57. The topological polar surface area (TPSA) is 98.7 Å². The molecule has 0 radical (unpaired) electrons. The van der Waals surface area contributed by atoms with Gasteiger partial charge in [0, 0.05) is 0 Å². The highest BCUT2D eigenvalue weighted by atomic mass is 16.5. The summed E-state index contributed by atoms with van der Waals surface area (Å²) in [6.45, 7) is 1.36. The highest BCUT2D eigenvalue weighted by molar-refractivity contribution is 5.92. The molecule has 2 aromatic carbocycles. The van der Waals surface area contributed by atoms with Crippen LogP contribution in [0.3, 0.4) is 0 Å². The summed E-state index contributed by atoms with van der Waals surface area (Å²) in [5.41, 5.74) is 2.98. The van der Waals surface area contributed by atoms with E-state index in [1.807, 2.05) is 60.7 Å². The van der Waals surface area contributed by atoms with E-state index < -0.39 is 29.9 Å². The summed E-state index contributed by atoms with van der Waals surface area (Å²) in [7, 11) is 0. The first-order valence-electron chi connectivity index (χ1n) is 7.57. The van der Waals surface area contributed by atoms with Gasteiger partial charge in [-0.15, -0.1) is 0 Å². The van der Waals surface area contributed by atoms with Gasteiger partial charge < -0.3 is 10.4 Å². The van der Waals surface area contributed by atoms with Crippen molar-refractivity contribution in [2.45, 2.75) is 25.0 Å². The molecule has 0 heterocycles. The SMILES string of the molecule is C[C@@H](O)[C@H](NC(=O)C(c1ccccc1)c1ccccc1)C(=O)NO. The lowest BCUT2D eigenvalue weighted by molar-refractivity contribution is -0.137. The minimum atomic E-state index is -1.25. The van der Waals surface area contributed by atoms with E-state index in [1.165, 1.54) is 12.4 Å². The van der Waals surface area contributed by atoms with Crippen LogP contribution in [-0.4, -0.2) is 34.3 Å². The van der Waals surface area contributed by atoms with Gasteiger partial charge in [-0.05, 0) is 18.1 Å². The molecule has 0 saturated heterocycles. The van der Waals surface area contributed by atoms with Gasteiger partial charge in [0.1, 0.15) is 6.04 Å². The first kappa shape index (κ1) is 17.7. The van der Waals surface area contributed by atoms with Gasteiger partial charge in [-0.2, -0.15) is 0 Å². The van der Waals surface area contributed by atoms with Crippen LogP contribution < -0.4 is 10.8 Å². The van der Waals surface area contributed by atoms with Gasteiger partial charge in [0.25, 0.3) is 5.91 Å². The fraction of sp³-hybridized carbons (Fsp3) is 0.222. The van der Waals surface area contributed by atoms with Gasteiger partial charge in [0.15, 0.2) is 0 Å². The maximum absolute atomic E-state index is 12.8. The Morgan fingerprint density at radius 3 is 1.71 bits per heavy atom. The van der Waals surface area contributed by atoms with Crippen LogP contribution in [-0.2, 0) is 9.59 Å². The molecule has 0 aromatic heterocycles. The Kier molecular flexibility index (Phi) is 6.06. The second-order valence-electron chi connectivity index (χ2n) is 5.46. The van der Waals surface area contributed by atoms with E-state index in [0.29, 0.717) is 0 Å². The second kappa shape index (κ2) is 8.24. The molecule has 0 aliphatic rings. The van der Waals surface area contributed by atoms with Crippen molar-refractivity contribution in [1.82, 2.24) is 10.8 Å². The summed E-state index contributed by atoms with van der Waals surface area (Å²) in [5, 5.41) is 21.0. The van der Waals surface area contributed by atoms with Crippen LogP contribution in [0.4, 0.5) is 0 Å². The predicted molar refractivity (Wildman–Crippen MR) is 88.3 cm³/mol. The number of benzene rings is 2. The summed E-state index contributed by atoms with van der Waals surface area (Å²) in [4.78, 5) is 24.4. The molecule has 0 aliphatic heterocycles. The fourth-order valence-corrected chi connectivity index (χ4v) is 2.50. The number of amides is 2. The third kappa shape index (κ3) is 4.18. The Labute approximate surface area is 140 Å². The lowest BCUT2D eigenvalue weighted by atomic mass is 9.90. The van der Waals surface area contributed by atoms with Crippen molar-refractivity contribution in [3.8, 4) is 0 Å². The van der Waals surface area contributed by atoms with Gasteiger partial charge in [0.05, 0.1) is 12.0 Å². The van der Waals surface area contributed by atoms with Crippen molar-refractivity contribution in [2.75, 3.05) is 0 Å². The third-order valence-corrected chi connectivity index (χ3v) is 3.70. The molecule has 0 fully saturated rings. The van der Waals surface area contributed by atoms with E-state index in [-0.39, 0.29) is 0 Å². The molecule has 0 spiro atoms. The van der Waals surface area contributed by atoms with Crippen molar-refractivity contribution in [1.29, 1.82) is 0 Å². The van der Waals surface area contributed by atoms with Crippen molar-refractivity contribution in [2.24, 2.45) is 0 Å². The quantitative estimate of drug-likeness (QED) is 0.473. The molecule has 4 N–H and O–H groups in total. The van der Waals surface area contributed by atoms with Crippen molar-refractivity contribution >= 4 is 11.8 Å². The average molecular weight is 328 g/mol. The molecular weight excluding hydrogens is 308 g/mol. The first-order chi connectivity index (χ1) is 11.5. The molecule has 6 heteroatoms. The molecule has 2 amide bonds. The Morgan fingerprint density at radius 2 is 1.33 bits per heavy atom. The second-order valence-corrected chi connectivity index (χ2v) is 5.46. The molecule has 0 saturated carbocycles. The monoisotopic (exact) mass is 328 g/mol. The van der Waals surface area contributed by atoms with E-state index in [9.17, 15) is 14.7 Å². The number of nitrogens with one attached hydrogen (secondary N) is 2. The summed E-state index contributed by atoms with van der Waals surface area (Å²) >= 11 is 0. The number of hydrogen-bond donors (Lipinski definition) is 4. The molecule has 2 aromatic rings. The average Bonchev–Trinajstić information content (AvgIpc) is 2.61. The molecule has 0 aliphatic carbocycles. The number of aliphatic hydroxyl groups is 1. The molecule has 0 bridgehead atoms. The van der Waals surface area contributed by atoms with Crippen LogP contribution in [0.2, 0.25) is 0 Å². The van der Waals surface area contributed by atoms with Gasteiger partial charge in [-0.3, -0.25) is 14.8 Å². The molecule has 2 rings (SSSR count). The van der Waals surface area contributed by atoms with E-state index in [1.54, 1.807) is 0 Å². The van der Waals surface area contributed by atoms with Gasteiger partial charge in [-0.25, -0.2) is 5.48 Å². The number of carbonyl (C=O) groups excluding carboxylic acids is 2. The molecule has 6 nitrogen and oxygen atoms in total. The van der Waals surface area contributed by atoms with E-state index in [4.69, 9.17) is 5.21 Å². The molecular formula is C18H20N2O4. The smallest absolute Gasteiger partial charge is 0.268 e. The van der Waals surface area contributed by atoms with Crippen LogP contribution in [0.15, 0.2) is 60.7 Å². The van der Waals surface area contributed by atoms with E-state index in [0.717, 1.165) is 11.1 Å². The molecule has 2 atom stereocenters. The van der Waals surface area contributed by atoms with E-state index >= 15 is 0 Å². The summed E-state index contributed by atoms with van der Waals surface area (Å²) in [5.74, 6) is -1.96. The Hall–Kier alpha value is -2.70. The zero-order chi connectivity index (χ0) is 17.5. The van der Waals surface area contributed by atoms with E-state index in [2.05, 4.69) is 5.32 Å². The highest BCUT2D eigenvalue weighted by Gasteiger charge is 2.30. The standard InChI is InChI=1S/C18H20N2O4/c1-12(21)16(18(23)20-24)19-17(22)15(13-8-4-2-5-9-13)14-10-6-3-7-11-14/h2-12,15-16,21,24H,1H3,(H,19,22)(H,20,23)/t12-,16+/m1/s1. The molecule has 0 unspecified atom stereocenters. The van der Waals surface area contributed by atoms with Crippen LogP contribution in [0.5, 0.6) is 0 Å². The Bertz CT molecular complexity index is 634. The van der Waals surface area contributed by atoms with Crippen LogP contribution >= 0.6 is 0 Å². The summed E-state index contributed by atoms with van der Waals surface area (Å²) in [6.07, 6.45) is -1.16. The van der Waals surface area contributed by atoms with Gasteiger partial charge in [-0.1, -0.05) is 60.7 Å². The number of rotatable bonds is 6. The Balaban J connectivity index is 2.34. The number of hydroxylamine groups is 1. The number of carbonyl (C=O) groups is 2. The Morgan fingerprint density at radius 1 is 0.875 bits per heavy atom. The highest BCUT2D eigenvalue weighted by Crippen LogP contribution is 2.25. The number of aliphatic hydroxyl groups excluding tert-OH is 1. The number of hydrogen-bond acceptors (Lipinski definition) is 4. The zero-order valence-electron chi connectivity index (χ0n) is 13.2. The molecule has 24 heavy (non-hydrogen) atoms. The van der Waals surface area contributed by atoms with Crippen LogP contribution in [0.1, 0.15) is 24.0 Å². The van der Waals surface area contributed by atoms with Gasteiger partial charge in [0.2, 0.25) is 5.91 Å². The lowest BCUT2D eigenvalue weighted by Gasteiger charge is -2.23. The van der Waals surface area contributed by atoms with Crippen LogP contribution in [0, 0.1) is 0 Å². The maximum Gasteiger partial charge on any atom is 0.268 e. The van der Waals surface area contributed by atoms with Crippen molar-refractivity contribution in [3.63, 3.8) is 0 Å². The normalized spacial score (nSPS) is 13.2. The fourth-order valence-electron chi connectivity index (χ4n) is 2.50. The molecule has 126 valence electrons. The van der Waals surface area contributed by atoms with Crippen molar-refractivity contribution < 1.29 is 19.9 Å².